The molecule has 0 aliphatic carbocycles. The summed E-state index contributed by atoms with van der Waals surface area (Å²) in [6, 6.07) is 0. The number of alkyl halides is 14. The zero-order valence-corrected chi connectivity index (χ0v) is 12.1. The Morgan fingerprint density at radius 1 is 0.667 bits per heavy atom. The molecule has 0 saturated heterocycles. The second-order valence-corrected chi connectivity index (χ2v) is 4.32. The second-order valence-electron chi connectivity index (χ2n) is 4.32. The third-order valence-corrected chi connectivity index (χ3v) is 2.60. The van der Waals surface area contributed by atoms with Crippen molar-refractivity contribution in [2.45, 2.75) is 42.0 Å². The van der Waals surface area contributed by atoms with Crippen LogP contribution in [-0.2, 0) is 0 Å². The molecule has 0 aromatic carbocycles. The van der Waals surface area contributed by atoms with Crippen LogP contribution >= 0.6 is 0 Å². The maximum absolute atomic E-state index is 13.3. The molecule has 0 amide bonds. The van der Waals surface area contributed by atoms with Gasteiger partial charge in [0.1, 0.15) is 0 Å². The number of hydrogen-bond acceptors (Lipinski definition) is 0. The number of allylic oxidation sites excluding steroid dienone is 1. The van der Waals surface area contributed by atoms with Crippen molar-refractivity contribution < 1.29 is 70.2 Å². The minimum Gasteiger partial charge on any atom is -0.230 e. The fraction of sp³-hybridized carbons (Fsp3) is 0.636. The molecule has 0 heterocycles. The third kappa shape index (κ3) is 4.62. The standard InChI is InChI=1S/C9H2F16.C2H4/c10-2(11)1-4(13,9(23,24)25)7(19,20)8(21,22)5(14,15)3(12)6(16,17)18;1-2/h1,3H;1-2H2. The summed E-state index contributed by atoms with van der Waals surface area (Å²) in [5.41, 5.74) is -7.25. The molecule has 0 aliphatic heterocycles. The molecule has 162 valence electrons. The fourth-order valence-corrected chi connectivity index (χ4v) is 1.30. The molecule has 0 N–H and O–H groups in total. The lowest BCUT2D eigenvalue weighted by Gasteiger charge is -2.40. The monoisotopic (exact) mass is 442 g/mol. The second kappa shape index (κ2) is 7.77. The normalized spacial score (nSPS) is 17.3. The first-order valence-electron chi connectivity index (χ1n) is 5.71. The lowest BCUT2D eigenvalue weighted by molar-refractivity contribution is -0.398. The Kier molecular flexibility index (Phi) is 7.94. The van der Waals surface area contributed by atoms with E-state index in [1.807, 2.05) is 0 Å². The minimum atomic E-state index is -8.04. The molecule has 27 heavy (non-hydrogen) atoms. The van der Waals surface area contributed by atoms with Crippen molar-refractivity contribution in [3.05, 3.63) is 25.3 Å². The van der Waals surface area contributed by atoms with Crippen LogP contribution in [0.25, 0.3) is 0 Å². The summed E-state index contributed by atoms with van der Waals surface area (Å²) in [4.78, 5) is 0. The van der Waals surface area contributed by atoms with Crippen molar-refractivity contribution in [1.82, 2.24) is 0 Å². The van der Waals surface area contributed by atoms with Gasteiger partial charge in [-0.1, -0.05) is 0 Å². The summed E-state index contributed by atoms with van der Waals surface area (Å²) in [6.07, 6.45) is -27.2. The maximum atomic E-state index is 13.3. The van der Waals surface area contributed by atoms with E-state index in [4.69, 9.17) is 0 Å². The van der Waals surface area contributed by atoms with Gasteiger partial charge in [0.25, 0.3) is 17.9 Å². The van der Waals surface area contributed by atoms with Gasteiger partial charge in [-0.3, -0.25) is 0 Å². The molecular weight excluding hydrogens is 436 g/mol. The Balaban J connectivity index is 0. The Bertz CT molecular complexity index is 521. The van der Waals surface area contributed by atoms with E-state index in [0.29, 0.717) is 0 Å². The Labute approximate surface area is 139 Å². The first-order chi connectivity index (χ1) is 11.6. The van der Waals surface area contributed by atoms with Crippen molar-refractivity contribution in [2.24, 2.45) is 0 Å². The smallest absolute Gasteiger partial charge is 0.230 e. The highest BCUT2D eigenvalue weighted by atomic mass is 19.4. The topological polar surface area (TPSA) is 0 Å². The van der Waals surface area contributed by atoms with E-state index in [-0.39, 0.29) is 0 Å². The first-order valence-corrected chi connectivity index (χ1v) is 5.71. The average molecular weight is 442 g/mol. The van der Waals surface area contributed by atoms with Gasteiger partial charge in [0.05, 0.1) is 0 Å². The van der Waals surface area contributed by atoms with Crippen LogP contribution in [0.2, 0.25) is 0 Å². The van der Waals surface area contributed by atoms with Gasteiger partial charge in [0.15, 0.2) is 0 Å². The highest BCUT2D eigenvalue weighted by Gasteiger charge is 2.88. The largest absolute Gasteiger partial charge is 0.432 e. The lowest BCUT2D eigenvalue weighted by Crippen LogP contribution is -2.70. The average Bonchev–Trinajstić information content (AvgIpc) is 2.44. The lowest BCUT2D eigenvalue weighted by atomic mass is 9.87. The molecule has 2 unspecified atom stereocenters. The van der Waals surface area contributed by atoms with Crippen molar-refractivity contribution >= 4 is 0 Å². The molecule has 0 radical (unpaired) electrons. The zero-order valence-electron chi connectivity index (χ0n) is 12.1. The summed E-state index contributed by atoms with van der Waals surface area (Å²) in [6.45, 7) is 6.00. The summed E-state index contributed by atoms with van der Waals surface area (Å²) < 4.78 is 199. The molecule has 16 heteroatoms. The van der Waals surface area contributed by atoms with E-state index >= 15 is 0 Å². The molecule has 0 aromatic rings. The Morgan fingerprint density at radius 2 is 1.00 bits per heavy atom. The van der Waals surface area contributed by atoms with Gasteiger partial charge in [-0.05, 0) is 0 Å². The summed E-state index contributed by atoms with van der Waals surface area (Å²) in [5, 5.41) is 0. The van der Waals surface area contributed by atoms with E-state index in [1.54, 1.807) is 0 Å². The Morgan fingerprint density at radius 3 is 1.22 bits per heavy atom. The van der Waals surface area contributed by atoms with Crippen molar-refractivity contribution in [3.63, 3.8) is 0 Å². The molecule has 0 aromatic heterocycles. The molecule has 0 spiro atoms. The molecule has 0 nitrogen and oxygen atoms in total. The van der Waals surface area contributed by atoms with Crippen molar-refractivity contribution in [3.8, 4) is 0 Å². The minimum absolute atomic E-state index is 2.54. The van der Waals surface area contributed by atoms with Crippen molar-refractivity contribution in [1.29, 1.82) is 0 Å². The van der Waals surface area contributed by atoms with Gasteiger partial charge >= 0.3 is 30.1 Å². The van der Waals surface area contributed by atoms with Gasteiger partial charge in [-0.25, -0.2) is 8.78 Å². The predicted molar refractivity (Wildman–Crippen MR) is 57.2 cm³/mol. The molecule has 0 saturated carbocycles. The van der Waals surface area contributed by atoms with Crippen molar-refractivity contribution in [2.75, 3.05) is 0 Å². The molecule has 0 aliphatic rings. The number of rotatable bonds is 5. The van der Waals surface area contributed by atoms with Gasteiger partial charge < -0.3 is 0 Å². The highest BCUT2D eigenvalue weighted by Crippen LogP contribution is 2.59. The van der Waals surface area contributed by atoms with E-state index in [2.05, 4.69) is 13.2 Å². The van der Waals surface area contributed by atoms with Crippen LogP contribution in [0.4, 0.5) is 70.2 Å². The molecule has 0 bridgehead atoms. The van der Waals surface area contributed by atoms with Crippen LogP contribution < -0.4 is 0 Å². The molecule has 0 rings (SSSR count). The predicted octanol–water partition coefficient (Wildman–Crippen LogP) is 6.65. The zero-order chi connectivity index (χ0) is 22.9. The fourth-order valence-electron chi connectivity index (χ4n) is 1.30. The van der Waals surface area contributed by atoms with E-state index in [1.165, 1.54) is 0 Å². The van der Waals surface area contributed by atoms with Crippen LogP contribution in [-0.4, -0.2) is 42.0 Å². The van der Waals surface area contributed by atoms with Gasteiger partial charge in [-0.2, -0.15) is 61.5 Å². The van der Waals surface area contributed by atoms with Gasteiger partial charge in [-0.15, -0.1) is 13.2 Å². The summed E-state index contributed by atoms with van der Waals surface area (Å²) in [7, 11) is 0. The van der Waals surface area contributed by atoms with Crippen LogP contribution in [0.3, 0.4) is 0 Å². The number of hydrogen-bond donors (Lipinski definition) is 0. The van der Waals surface area contributed by atoms with E-state index < -0.39 is 54.1 Å². The SMILES string of the molecule is C=C.FC(F)=CC(F)(C(F)(F)F)C(F)(F)C(F)(F)C(F)(F)C(F)C(F)(F)F. The Hall–Kier alpha value is -1.64. The van der Waals surface area contributed by atoms with Crippen LogP contribution in [0.1, 0.15) is 0 Å². The number of halogens is 16. The summed E-state index contributed by atoms with van der Waals surface area (Å²) >= 11 is 0. The van der Waals surface area contributed by atoms with Gasteiger partial charge in [0, 0.05) is 6.08 Å². The van der Waals surface area contributed by atoms with Crippen LogP contribution in [0, 0.1) is 0 Å². The van der Waals surface area contributed by atoms with Crippen LogP contribution in [0.15, 0.2) is 25.3 Å². The highest BCUT2D eigenvalue weighted by molar-refractivity contribution is 5.21. The summed E-state index contributed by atoms with van der Waals surface area (Å²) in [5.74, 6) is -23.7. The van der Waals surface area contributed by atoms with E-state index in [9.17, 15) is 70.2 Å². The van der Waals surface area contributed by atoms with Gasteiger partial charge in [0.2, 0.25) is 0 Å². The van der Waals surface area contributed by atoms with Crippen LogP contribution in [0.5, 0.6) is 0 Å². The third-order valence-electron chi connectivity index (χ3n) is 2.60. The van der Waals surface area contributed by atoms with E-state index in [0.717, 1.165) is 0 Å². The quantitative estimate of drug-likeness (QED) is 0.331. The molecular formula is C11H6F16. The molecule has 2 atom stereocenters. The molecule has 0 fully saturated rings. The first kappa shape index (κ1) is 27.6. The maximum Gasteiger partial charge on any atom is 0.432 e.